The van der Waals surface area contributed by atoms with Crippen LogP contribution in [0.25, 0.3) is 0 Å². The first-order chi connectivity index (χ1) is 25.7. The highest BCUT2D eigenvalue weighted by Crippen LogP contribution is 2.36. The summed E-state index contributed by atoms with van der Waals surface area (Å²) in [4.78, 5) is 54.7. The van der Waals surface area contributed by atoms with Crippen LogP contribution < -0.4 is 0 Å². The molecule has 53 heavy (non-hydrogen) atoms. The van der Waals surface area contributed by atoms with Crippen LogP contribution >= 0.6 is 7.82 Å². The maximum atomic E-state index is 12.4. The topological polar surface area (TPSA) is 136 Å². The van der Waals surface area contributed by atoms with Gasteiger partial charge in [-0.2, -0.15) is 0 Å². The third kappa shape index (κ3) is 39.9. The lowest BCUT2D eigenvalue weighted by Crippen LogP contribution is -2.29. The van der Waals surface area contributed by atoms with Crippen LogP contribution in [0.5, 0.6) is 0 Å². The van der Waals surface area contributed by atoms with E-state index >= 15 is 0 Å². The van der Waals surface area contributed by atoms with E-state index in [-0.39, 0.29) is 25.2 Å². The van der Waals surface area contributed by atoms with Crippen LogP contribution in [0, 0.1) is 0 Å². The van der Waals surface area contributed by atoms with Crippen molar-refractivity contribution in [3.63, 3.8) is 0 Å². The molecule has 300 valence electrons. The standard InChI is InChI=1S/C43H69O9P/c1-3-5-7-9-11-12-13-14-15-16-17-18-19-20-21-22-24-28-32-36-42(45)50-38-41(39-51-53(47,48)49)52-43(46)37-33-29-25-27-31-35-40(44)34-30-26-23-10-8-6-4-2/h11-12,14-15,17-18,20-21,23-24,26,28,30,34,41H,3-10,13,16,19,22,25,27,29,31-33,35-39H2,1-2H3,(H2,47,48,49)/b12-11-,15-14-,18-17-,21-20-,26-23-,28-24-,34-30+/t41-/m1/s1. The molecule has 1 atom stereocenters. The molecule has 0 fully saturated rings. The highest BCUT2D eigenvalue weighted by Gasteiger charge is 2.22. The van der Waals surface area contributed by atoms with Crippen LogP contribution in [-0.4, -0.2) is 46.8 Å². The SMILES string of the molecule is CCCCC/C=C\C=C\C(=O)CCCCCCCC(=O)O[C@H](COC(=O)CC/C=C\C/C=C\C/C=C\C/C=C\C/C=C\CCCCC)COP(=O)(O)O. The Morgan fingerprint density at radius 3 is 1.62 bits per heavy atom. The maximum Gasteiger partial charge on any atom is 0.469 e. The van der Waals surface area contributed by atoms with Gasteiger partial charge in [0.05, 0.1) is 6.61 Å². The molecule has 0 aliphatic carbocycles. The Bertz CT molecular complexity index is 1190. The Morgan fingerprint density at radius 1 is 0.547 bits per heavy atom. The highest BCUT2D eigenvalue weighted by atomic mass is 31.2. The molecule has 0 radical (unpaired) electrons. The van der Waals surface area contributed by atoms with Crippen molar-refractivity contribution in [3.8, 4) is 0 Å². The second kappa shape index (κ2) is 37.2. The number of hydrogen-bond donors (Lipinski definition) is 2. The van der Waals surface area contributed by atoms with E-state index in [4.69, 9.17) is 19.3 Å². The predicted molar refractivity (Wildman–Crippen MR) is 216 cm³/mol. The van der Waals surface area contributed by atoms with Crippen molar-refractivity contribution in [1.82, 2.24) is 0 Å². The minimum Gasteiger partial charge on any atom is -0.462 e. The summed E-state index contributed by atoms with van der Waals surface area (Å²) in [5, 5.41) is 0. The van der Waals surface area contributed by atoms with Gasteiger partial charge in [-0.15, -0.1) is 0 Å². The highest BCUT2D eigenvalue weighted by molar-refractivity contribution is 7.46. The number of unbranched alkanes of at least 4 members (excludes halogenated alkanes) is 10. The number of phosphoric ester groups is 1. The number of phosphoric acid groups is 1. The molecule has 0 spiro atoms. The zero-order chi connectivity index (χ0) is 39.1. The number of esters is 2. The molecule has 0 bridgehead atoms. The Labute approximate surface area is 320 Å². The van der Waals surface area contributed by atoms with Crippen LogP contribution in [-0.2, 0) is 32.9 Å². The van der Waals surface area contributed by atoms with Gasteiger partial charge in [0.15, 0.2) is 11.9 Å². The molecule has 0 amide bonds. The largest absolute Gasteiger partial charge is 0.469 e. The van der Waals surface area contributed by atoms with Gasteiger partial charge in [0.25, 0.3) is 0 Å². The molecule has 0 aliphatic rings. The van der Waals surface area contributed by atoms with Gasteiger partial charge in [0.2, 0.25) is 0 Å². The maximum absolute atomic E-state index is 12.4. The van der Waals surface area contributed by atoms with Crippen molar-refractivity contribution in [1.29, 1.82) is 0 Å². The van der Waals surface area contributed by atoms with Crippen LogP contribution in [0.2, 0.25) is 0 Å². The zero-order valence-electron chi connectivity index (χ0n) is 32.6. The van der Waals surface area contributed by atoms with Crippen molar-refractivity contribution in [2.75, 3.05) is 13.2 Å². The summed E-state index contributed by atoms with van der Waals surface area (Å²) in [5.74, 6) is -0.980. The Balaban J connectivity index is 4.18. The summed E-state index contributed by atoms with van der Waals surface area (Å²) in [6, 6.07) is 0. The molecule has 2 N–H and O–H groups in total. The molecular weight excluding hydrogens is 691 g/mol. The van der Waals surface area contributed by atoms with E-state index in [0.29, 0.717) is 19.3 Å². The molecule has 0 unspecified atom stereocenters. The number of ether oxygens (including phenoxy) is 2. The van der Waals surface area contributed by atoms with Gasteiger partial charge in [0.1, 0.15) is 6.61 Å². The van der Waals surface area contributed by atoms with Gasteiger partial charge < -0.3 is 19.3 Å². The van der Waals surface area contributed by atoms with Gasteiger partial charge in [-0.1, -0.05) is 138 Å². The first-order valence-electron chi connectivity index (χ1n) is 19.8. The normalized spacial score (nSPS) is 13.3. The monoisotopic (exact) mass is 760 g/mol. The molecule has 10 heteroatoms. The Morgan fingerprint density at radius 2 is 1.06 bits per heavy atom. The third-order valence-electron chi connectivity index (χ3n) is 7.88. The second-order valence-corrected chi connectivity index (χ2v) is 14.2. The number of carbonyl (C=O) groups excluding carboxylic acids is 3. The lowest BCUT2D eigenvalue weighted by molar-refractivity contribution is -0.161. The molecule has 0 saturated carbocycles. The summed E-state index contributed by atoms with van der Waals surface area (Å²) in [6.07, 6.45) is 45.6. The van der Waals surface area contributed by atoms with E-state index in [1.807, 2.05) is 18.2 Å². The quantitative estimate of drug-likeness (QED) is 0.0161. The lowest BCUT2D eigenvalue weighted by atomic mass is 10.1. The fourth-order valence-corrected chi connectivity index (χ4v) is 5.22. The second-order valence-electron chi connectivity index (χ2n) is 12.9. The van der Waals surface area contributed by atoms with E-state index in [1.165, 1.54) is 44.9 Å². The fourth-order valence-electron chi connectivity index (χ4n) is 4.86. The van der Waals surface area contributed by atoms with Crippen molar-refractivity contribution >= 4 is 25.5 Å². The Hall–Kier alpha value is -3.10. The van der Waals surface area contributed by atoms with E-state index in [9.17, 15) is 18.9 Å². The van der Waals surface area contributed by atoms with Crippen molar-refractivity contribution in [2.24, 2.45) is 0 Å². The predicted octanol–water partition coefficient (Wildman–Crippen LogP) is 11.2. The molecule has 0 aliphatic heterocycles. The molecule has 0 aromatic heterocycles. The lowest BCUT2D eigenvalue weighted by Gasteiger charge is -2.18. The molecule has 0 rings (SSSR count). The average Bonchev–Trinajstić information content (AvgIpc) is 3.12. The molecule has 0 heterocycles. The van der Waals surface area contributed by atoms with Crippen LogP contribution in [0.15, 0.2) is 85.1 Å². The van der Waals surface area contributed by atoms with E-state index in [1.54, 1.807) is 12.2 Å². The van der Waals surface area contributed by atoms with Gasteiger partial charge in [-0.05, 0) is 76.7 Å². The number of rotatable bonds is 35. The van der Waals surface area contributed by atoms with Crippen LogP contribution in [0.3, 0.4) is 0 Å². The molecule has 0 saturated heterocycles. The summed E-state index contributed by atoms with van der Waals surface area (Å²) >= 11 is 0. The van der Waals surface area contributed by atoms with E-state index in [0.717, 1.165) is 57.8 Å². The van der Waals surface area contributed by atoms with Gasteiger partial charge in [-0.3, -0.25) is 18.9 Å². The van der Waals surface area contributed by atoms with Gasteiger partial charge in [-0.25, -0.2) is 4.57 Å². The molecular formula is C43H69O9P. The molecule has 0 aromatic carbocycles. The first kappa shape index (κ1) is 49.9. The smallest absolute Gasteiger partial charge is 0.462 e. The minimum absolute atomic E-state index is 0.103. The Kier molecular flexibility index (Phi) is 35.0. The van der Waals surface area contributed by atoms with Crippen molar-refractivity contribution in [3.05, 3.63) is 85.1 Å². The van der Waals surface area contributed by atoms with Gasteiger partial charge in [0, 0.05) is 19.3 Å². The number of carbonyl (C=O) groups is 3. The van der Waals surface area contributed by atoms with Gasteiger partial charge >= 0.3 is 19.8 Å². The summed E-state index contributed by atoms with van der Waals surface area (Å²) in [5.41, 5.74) is 0. The minimum atomic E-state index is -4.80. The summed E-state index contributed by atoms with van der Waals surface area (Å²) in [6.45, 7) is 3.42. The molecule has 0 aromatic rings. The summed E-state index contributed by atoms with van der Waals surface area (Å²) < 4.78 is 26.2. The zero-order valence-corrected chi connectivity index (χ0v) is 33.5. The van der Waals surface area contributed by atoms with E-state index in [2.05, 4.69) is 73.1 Å². The van der Waals surface area contributed by atoms with Crippen LogP contribution in [0.1, 0.15) is 149 Å². The number of ketones is 1. The number of allylic oxidation sites excluding steroid dienone is 14. The first-order valence-corrected chi connectivity index (χ1v) is 21.4. The van der Waals surface area contributed by atoms with Crippen LogP contribution in [0.4, 0.5) is 0 Å². The van der Waals surface area contributed by atoms with Crippen molar-refractivity contribution in [2.45, 2.75) is 155 Å². The number of hydrogen-bond acceptors (Lipinski definition) is 7. The average molecular weight is 761 g/mol. The van der Waals surface area contributed by atoms with Crippen molar-refractivity contribution < 1.29 is 42.7 Å². The third-order valence-corrected chi connectivity index (χ3v) is 8.36. The van der Waals surface area contributed by atoms with E-state index < -0.39 is 32.5 Å². The molecule has 9 nitrogen and oxygen atoms in total. The fraction of sp³-hybridized carbons (Fsp3) is 0.605. The summed E-state index contributed by atoms with van der Waals surface area (Å²) in [7, 11) is -4.80.